The van der Waals surface area contributed by atoms with E-state index in [0.29, 0.717) is 11.1 Å². The number of epoxide rings is 1. The molecule has 1 aliphatic rings. The van der Waals surface area contributed by atoms with E-state index in [4.69, 9.17) is 4.74 Å². The van der Waals surface area contributed by atoms with Crippen LogP contribution in [0, 0.1) is 0 Å². The molecule has 1 atom stereocenters. The van der Waals surface area contributed by atoms with Crippen LogP contribution < -0.4 is 0 Å². The minimum Gasteiger partial charge on any atom is -0.351 e. The summed E-state index contributed by atoms with van der Waals surface area (Å²) in [5.74, 6) is 0. The van der Waals surface area contributed by atoms with Gasteiger partial charge in [-0.25, -0.2) is 0 Å². The first-order chi connectivity index (χ1) is 13.6. The zero-order valence-corrected chi connectivity index (χ0v) is 14.8. The van der Waals surface area contributed by atoms with Gasteiger partial charge < -0.3 is 4.74 Å². The molecule has 1 saturated heterocycles. The minimum atomic E-state index is -4.48. The Morgan fingerprint density at radius 3 is 1.38 bits per heavy atom. The average Bonchev–Trinajstić information content (AvgIpc) is 3.45. The largest absolute Gasteiger partial charge is 0.416 e. The number of rotatable bonds is 3. The van der Waals surface area contributed by atoms with Crippen LogP contribution in [0.25, 0.3) is 0 Å². The monoisotopic (exact) mass is 408 g/mol. The van der Waals surface area contributed by atoms with E-state index in [1.54, 1.807) is 24.3 Å². The highest BCUT2D eigenvalue weighted by Crippen LogP contribution is 2.61. The SMILES string of the molecule is FC(F)(F)c1ccc(C2(c3ccc(C(F)(F)F)cc3)O[C@@H]2c2ccccc2)cc1. The van der Waals surface area contributed by atoms with Gasteiger partial charge in [0.25, 0.3) is 0 Å². The number of alkyl halides is 6. The number of ether oxygens (including phenoxy) is 1. The third-order valence-corrected chi connectivity index (χ3v) is 5.00. The first-order valence-corrected chi connectivity index (χ1v) is 8.70. The maximum absolute atomic E-state index is 12.9. The van der Waals surface area contributed by atoms with Crippen LogP contribution in [0.1, 0.15) is 33.9 Å². The second-order valence-electron chi connectivity index (χ2n) is 6.79. The van der Waals surface area contributed by atoms with Crippen LogP contribution in [0.15, 0.2) is 78.9 Å². The molecule has 0 aromatic heterocycles. The smallest absolute Gasteiger partial charge is 0.351 e. The fourth-order valence-corrected chi connectivity index (χ4v) is 3.50. The van der Waals surface area contributed by atoms with Crippen LogP contribution in [0.2, 0.25) is 0 Å². The predicted octanol–water partition coefficient (Wildman–Crippen LogP) is 6.74. The van der Waals surface area contributed by atoms with Crippen LogP contribution in [-0.4, -0.2) is 0 Å². The Balaban J connectivity index is 1.78. The van der Waals surface area contributed by atoms with Gasteiger partial charge in [0, 0.05) is 0 Å². The maximum atomic E-state index is 12.9. The average molecular weight is 408 g/mol. The number of hydrogen-bond acceptors (Lipinski definition) is 1. The Hall–Kier alpha value is -2.80. The molecule has 0 bridgehead atoms. The molecule has 4 rings (SSSR count). The molecule has 1 nitrogen and oxygen atoms in total. The Kier molecular flexibility index (Phi) is 4.46. The van der Waals surface area contributed by atoms with Crippen LogP contribution in [0.3, 0.4) is 0 Å². The lowest BCUT2D eigenvalue weighted by Gasteiger charge is -2.17. The Bertz CT molecular complexity index is 931. The molecule has 1 heterocycles. The van der Waals surface area contributed by atoms with E-state index in [-0.39, 0.29) is 0 Å². The van der Waals surface area contributed by atoms with Crippen molar-refractivity contribution >= 4 is 0 Å². The van der Waals surface area contributed by atoms with Crippen LogP contribution in [0.5, 0.6) is 0 Å². The summed E-state index contributed by atoms with van der Waals surface area (Å²) in [6.07, 6.45) is -9.48. The predicted molar refractivity (Wildman–Crippen MR) is 93.9 cm³/mol. The second kappa shape index (κ2) is 6.62. The van der Waals surface area contributed by atoms with Crippen LogP contribution in [-0.2, 0) is 22.7 Å². The van der Waals surface area contributed by atoms with E-state index >= 15 is 0 Å². The highest BCUT2D eigenvalue weighted by molar-refractivity contribution is 5.48. The quantitative estimate of drug-likeness (QED) is 0.345. The fraction of sp³-hybridized carbons (Fsp3) is 0.182. The lowest BCUT2D eigenvalue weighted by Crippen LogP contribution is -2.14. The number of halogens is 6. The highest BCUT2D eigenvalue weighted by Gasteiger charge is 2.59. The van der Waals surface area contributed by atoms with Gasteiger partial charge in [-0.15, -0.1) is 0 Å². The normalized spacial score (nSPS) is 18.5. The molecule has 0 spiro atoms. The van der Waals surface area contributed by atoms with E-state index in [1.807, 2.05) is 6.07 Å². The van der Waals surface area contributed by atoms with E-state index in [2.05, 4.69) is 0 Å². The summed E-state index contributed by atoms with van der Waals surface area (Å²) in [5.41, 5.74) is -1.08. The van der Waals surface area contributed by atoms with Gasteiger partial charge in [-0.1, -0.05) is 54.6 Å². The first-order valence-electron chi connectivity index (χ1n) is 8.70. The standard InChI is InChI=1S/C22H14F6O/c23-21(24,25)17-10-6-15(7-11-17)20(19(29-20)14-4-2-1-3-5-14)16-8-12-18(13-9-16)22(26,27)28/h1-13,19H/t19-/m1/s1. The molecule has 0 amide bonds. The number of hydrogen-bond donors (Lipinski definition) is 0. The van der Waals surface area contributed by atoms with Crippen molar-refractivity contribution in [3.63, 3.8) is 0 Å². The van der Waals surface area contributed by atoms with E-state index in [1.165, 1.54) is 24.3 Å². The molecule has 150 valence electrons. The lowest BCUT2D eigenvalue weighted by atomic mass is 9.85. The second-order valence-corrected chi connectivity index (χ2v) is 6.79. The highest BCUT2D eigenvalue weighted by atomic mass is 19.4. The zero-order valence-electron chi connectivity index (χ0n) is 14.8. The summed E-state index contributed by atoms with van der Waals surface area (Å²) >= 11 is 0. The van der Waals surface area contributed by atoms with Crippen molar-refractivity contribution in [2.45, 2.75) is 24.1 Å². The summed E-state index contributed by atoms with van der Waals surface area (Å²) in [5, 5.41) is 0. The van der Waals surface area contributed by atoms with Gasteiger partial charge in [0.1, 0.15) is 11.7 Å². The summed E-state index contributed by atoms with van der Waals surface area (Å²) in [7, 11) is 0. The van der Waals surface area contributed by atoms with Crippen molar-refractivity contribution in [2.75, 3.05) is 0 Å². The van der Waals surface area contributed by atoms with Gasteiger partial charge in [0.2, 0.25) is 0 Å². The van der Waals surface area contributed by atoms with Gasteiger partial charge in [-0.05, 0) is 41.0 Å². The van der Waals surface area contributed by atoms with Crippen molar-refractivity contribution in [3.05, 3.63) is 107 Å². The molecular weight excluding hydrogens is 394 g/mol. The van der Waals surface area contributed by atoms with Gasteiger partial charge in [-0.3, -0.25) is 0 Å². The molecule has 1 aliphatic heterocycles. The Morgan fingerprint density at radius 2 is 1.00 bits per heavy atom. The number of benzene rings is 3. The van der Waals surface area contributed by atoms with Gasteiger partial charge in [0.15, 0.2) is 0 Å². The molecule has 3 aromatic rings. The van der Waals surface area contributed by atoms with Crippen molar-refractivity contribution in [3.8, 4) is 0 Å². The molecule has 29 heavy (non-hydrogen) atoms. The molecular formula is C22H14F6O. The Morgan fingerprint density at radius 1 is 0.586 bits per heavy atom. The van der Waals surface area contributed by atoms with Crippen molar-refractivity contribution in [1.82, 2.24) is 0 Å². The molecule has 0 unspecified atom stereocenters. The summed E-state index contributed by atoms with van der Waals surface area (Å²) in [4.78, 5) is 0. The van der Waals surface area contributed by atoms with E-state index in [0.717, 1.165) is 29.8 Å². The lowest BCUT2D eigenvalue weighted by molar-refractivity contribution is -0.138. The van der Waals surface area contributed by atoms with E-state index in [9.17, 15) is 26.3 Å². The summed E-state index contributed by atoms with van der Waals surface area (Å²) in [6, 6.07) is 18.0. The summed E-state index contributed by atoms with van der Waals surface area (Å²) in [6.45, 7) is 0. The fourth-order valence-electron chi connectivity index (χ4n) is 3.50. The van der Waals surface area contributed by atoms with Gasteiger partial charge >= 0.3 is 12.4 Å². The molecule has 0 aliphatic carbocycles. The molecule has 1 fully saturated rings. The summed E-state index contributed by atoms with van der Waals surface area (Å²) < 4.78 is 83.4. The molecule has 3 aromatic carbocycles. The Labute approximate surface area is 162 Å². The molecule has 7 heteroatoms. The van der Waals surface area contributed by atoms with Gasteiger partial charge in [0.05, 0.1) is 11.1 Å². The van der Waals surface area contributed by atoms with Crippen molar-refractivity contribution < 1.29 is 31.1 Å². The van der Waals surface area contributed by atoms with Crippen LogP contribution in [0.4, 0.5) is 26.3 Å². The first kappa shape index (κ1) is 19.5. The van der Waals surface area contributed by atoms with Crippen molar-refractivity contribution in [2.24, 2.45) is 0 Å². The molecule has 0 N–H and O–H groups in total. The van der Waals surface area contributed by atoms with Gasteiger partial charge in [-0.2, -0.15) is 26.3 Å². The minimum absolute atomic E-state index is 0.444. The zero-order chi connectivity index (χ0) is 20.9. The third-order valence-electron chi connectivity index (χ3n) is 5.00. The molecule has 0 radical (unpaired) electrons. The third kappa shape index (κ3) is 3.51. The van der Waals surface area contributed by atoms with Crippen LogP contribution >= 0.6 is 0 Å². The molecule has 0 saturated carbocycles. The van der Waals surface area contributed by atoms with E-state index < -0.39 is 35.2 Å². The maximum Gasteiger partial charge on any atom is 0.416 e. The van der Waals surface area contributed by atoms with Crippen molar-refractivity contribution in [1.29, 1.82) is 0 Å². The topological polar surface area (TPSA) is 12.5 Å².